The first-order chi connectivity index (χ1) is 13.9. The van der Waals surface area contributed by atoms with E-state index in [1.165, 1.54) is 11.3 Å². The zero-order valence-electron chi connectivity index (χ0n) is 15.8. The van der Waals surface area contributed by atoms with Crippen LogP contribution >= 0.6 is 34.7 Å². The van der Waals surface area contributed by atoms with Gasteiger partial charge in [0.1, 0.15) is 11.0 Å². The van der Waals surface area contributed by atoms with Crippen LogP contribution < -0.4 is 15.4 Å². The highest BCUT2D eigenvalue weighted by atomic mass is 35.5. The third kappa shape index (κ3) is 6.06. The minimum Gasteiger partial charge on any atom is -0.494 e. The highest BCUT2D eigenvalue weighted by molar-refractivity contribution is 8.15. The molecule has 0 aliphatic carbocycles. The van der Waals surface area contributed by atoms with Crippen molar-refractivity contribution in [3.8, 4) is 5.75 Å². The molecule has 1 aromatic carbocycles. The minimum atomic E-state index is -0.607. The van der Waals surface area contributed by atoms with Gasteiger partial charge < -0.3 is 15.4 Å². The molecule has 2 N–H and O–H groups in total. The largest absolute Gasteiger partial charge is 0.494 e. The second-order valence-electron chi connectivity index (χ2n) is 6.00. The lowest BCUT2D eigenvalue weighted by atomic mass is 10.2. The number of benzene rings is 1. The molecule has 0 spiro atoms. The second-order valence-corrected chi connectivity index (χ2v) is 8.91. The molecule has 1 atom stereocenters. The zero-order chi connectivity index (χ0) is 20.8. The second kappa shape index (κ2) is 9.91. The number of nitrogens with one attached hydrogen (secondary N) is 2. The van der Waals surface area contributed by atoms with Gasteiger partial charge in [-0.2, -0.15) is 5.10 Å². The van der Waals surface area contributed by atoms with Crippen LogP contribution in [0.15, 0.2) is 46.6 Å². The molecule has 2 aromatic rings. The standard InChI is InChI=1S/C19H19ClN4O3S2/c1-3-27-13-6-4-5-12(9-13)21-18(26)15-10-17(25)22-19(29-15)24-23-11(2)14-7-8-16(20)28-14/h4-9,15H,3,10H2,1-2H3,(H,21,26)(H,22,24,25)/b23-11-/t15-/m1/s1. The third-order valence-electron chi connectivity index (χ3n) is 3.80. The van der Waals surface area contributed by atoms with E-state index in [1.54, 1.807) is 31.2 Å². The van der Waals surface area contributed by atoms with E-state index < -0.39 is 5.25 Å². The summed E-state index contributed by atoms with van der Waals surface area (Å²) in [7, 11) is 0. The predicted molar refractivity (Wildman–Crippen MR) is 119 cm³/mol. The summed E-state index contributed by atoms with van der Waals surface area (Å²) in [6, 6.07) is 10.7. The van der Waals surface area contributed by atoms with Crippen LogP contribution in [0.2, 0.25) is 4.34 Å². The molecule has 1 aliphatic rings. The maximum absolute atomic E-state index is 12.6. The number of carbonyl (C=O) groups excluding carboxylic acids is 2. The van der Waals surface area contributed by atoms with E-state index in [2.05, 4.69) is 20.8 Å². The van der Waals surface area contributed by atoms with Gasteiger partial charge in [0.05, 0.1) is 21.5 Å². The number of hydrogen-bond donors (Lipinski definition) is 2. The molecule has 0 bridgehead atoms. The van der Waals surface area contributed by atoms with E-state index in [1.807, 2.05) is 19.1 Å². The van der Waals surface area contributed by atoms with Crippen LogP contribution in [0.25, 0.3) is 0 Å². The Bertz CT molecular complexity index is 974. The number of thioether (sulfide) groups is 1. The van der Waals surface area contributed by atoms with E-state index in [0.717, 1.165) is 16.6 Å². The lowest BCUT2D eigenvalue weighted by Gasteiger charge is -2.21. The lowest BCUT2D eigenvalue weighted by Crippen LogP contribution is -2.41. The third-order valence-corrected chi connectivity index (χ3v) is 6.21. The molecule has 3 rings (SSSR count). The topological polar surface area (TPSA) is 92.1 Å². The highest BCUT2D eigenvalue weighted by Gasteiger charge is 2.30. The van der Waals surface area contributed by atoms with Crippen LogP contribution in [0.5, 0.6) is 5.75 Å². The first kappa shape index (κ1) is 21.4. The number of nitrogens with zero attached hydrogens (tertiary/aromatic N) is 2. The molecule has 0 saturated carbocycles. The molecule has 0 radical (unpaired) electrons. The van der Waals surface area contributed by atoms with Crippen molar-refractivity contribution in [2.45, 2.75) is 25.5 Å². The van der Waals surface area contributed by atoms with Crippen molar-refractivity contribution in [2.75, 3.05) is 11.9 Å². The Morgan fingerprint density at radius 2 is 2.21 bits per heavy atom. The number of halogens is 1. The summed E-state index contributed by atoms with van der Waals surface area (Å²) >= 11 is 8.49. The summed E-state index contributed by atoms with van der Waals surface area (Å²) in [4.78, 5) is 25.5. The number of amides is 2. The number of thiophene rings is 1. The van der Waals surface area contributed by atoms with Gasteiger partial charge in [0.15, 0.2) is 5.17 Å². The molecule has 10 heteroatoms. The van der Waals surface area contributed by atoms with Gasteiger partial charge in [-0.15, -0.1) is 16.4 Å². The lowest BCUT2D eigenvalue weighted by molar-refractivity contribution is -0.123. The molecule has 0 unspecified atom stereocenters. The summed E-state index contributed by atoms with van der Waals surface area (Å²) in [6.45, 7) is 4.23. The Kier molecular flexibility index (Phi) is 7.29. The van der Waals surface area contributed by atoms with Crippen LogP contribution in [-0.2, 0) is 9.59 Å². The zero-order valence-corrected chi connectivity index (χ0v) is 18.2. The Labute approximate surface area is 181 Å². The van der Waals surface area contributed by atoms with Crippen molar-refractivity contribution >= 4 is 63.1 Å². The molecular formula is C19H19ClN4O3S2. The van der Waals surface area contributed by atoms with E-state index in [4.69, 9.17) is 16.3 Å². The Hall–Kier alpha value is -2.36. The fourth-order valence-corrected chi connectivity index (χ4v) is 4.38. The number of anilines is 1. The number of carbonyl (C=O) groups is 2. The van der Waals surface area contributed by atoms with Gasteiger partial charge in [-0.05, 0) is 38.1 Å². The number of rotatable bonds is 6. The fraction of sp³-hybridized carbons (Fsp3) is 0.263. The number of hydrogen-bond acceptors (Lipinski definition) is 7. The molecule has 152 valence electrons. The van der Waals surface area contributed by atoms with E-state index in [0.29, 0.717) is 28.1 Å². The normalized spacial score (nSPS) is 18.4. The maximum Gasteiger partial charge on any atom is 0.238 e. The first-order valence-electron chi connectivity index (χ1n) is 8.82. The van der Waals surface area contributed by atoms with Crippen molar-refractivity contribution in [3.05, 3.63) is 45.6 Å². The molecule has 29 heavy (non-hydrogen) atoms. The molecule has 2 amide bonds. The monoisotopic (exact) mass is 450 g/mol. The van der Waals surface area contributed by atoms with Gasteiger partial charge in [0.2, 0.25) is 11.8 Å². The number of ether oxygens (including phenoxy) is 1. The Morgan fingerprint density at radius 3 is 2.93 bits per heavy atom. The van der Waals surface area contributed by atoms with E-state index in [-0.39, 0.29) is 23.4 Å². The summed E-state index contributed by atoms with van der Waals surface area (Å²) in [5.74, 6) is 0.106. The molecule has 1 aliphatic heterocycles. The van der Waals surface area contributed by atoms with Gasteiger partial charge in [0, 0.05) is 18.2 Å². The summed E-state index contributed by atoms with van der Waals surface area (Å²) in [5.41, 5.74) is 1.28. The van der Waals surface area contributed by atoms with Crippen molar-refractivity contribution < 1.29 is 14.3 Å². The van der Waals surface area contributed by atoms with Crippen LogP contribution in [0.3, 0.4) is 0 Å². The average Bonchev–Trinajstić information content (AvgIpc) is 3.13. The molecule has 7 nitrogen and oxygen atoms in total. The van der Waals surface area contributed by atoms with Crippen molar-refractivity contribution in [1.82, 2.24) is 5.32 Å². The van der Waals surface area contributed by atoms with Crippen LogP contribution in [0.1, 0.15) is 25.1 Å². The SMILES string of the molecule is CCOc1cccc(NC(=O)[C@H]2CC(=O)N/C(=N/N=C(/C)c3ccc(Cl)s3)S2)c1. The van der Waals surface area contributed by atoms with Crippen molar-refractivity contribution in [2.24, 2.45) is 10.2 Å². The number of amidine groups is 1. The van der Waals surface area contributed by atoms with Gasteiger partial charge >= 0.3 is 0 Å². The molecule has 1 fully saturated rings. The van der Waals surface area contributed by atoms with Crippen molar-refractivity contribution in [3.63, 3.8) is 0 Å². The van der Waals surface area contributed by atoms with Crippen LogP contribution in [0.4, 0.5) is 5.69 Å². The van der Waals surface area contributed by atoms with Crippen LogP contribution in [0, 0.1) is 0 Å². The summed E-state index contributed by atoms with van der Waals surface area (Å²) in [5, 5.41) is 13.4. The summed E-state index contributed by atoms with van der Waals surface area (Å²) in [6.07, 6.45) is 0.0594. The Balaban J connectivity index is 1.68. The summed E-state index contributed by atoms with van der Waals surface area (Å²) < 4.78 is 6.10. The van der Waals surface area contributed by atoms with Gasteiger partial charge in [-0.3, -0.25) is 9.59 Å². The Morgan fingerprint density at radius 1 is 1.38 bits per heavy atom. The smallest absolute Gasteiger partial charge is 0.238 e. The highest BCUT2D eigenvalue weighted by Crippen LogP contribution is 2.25. The van der Waals surface area contributed by atoms with Crippen molar-refractivity contribution in [1.29, 1.82) is 0 Å². The van der Waals surface area contributed by atoms with Crippen LogP contribution in [-0.4, -0.2) is 34.6 Å². The van der Waals surface area contributed by atoms with Gasteiger partial charge in [-0.25, -0.2) is 0 Å². The minimum absolute atomic E-state index is 0.0594. The average molecular weight is 451 g/mol. The molecule has 2 heterocycles. The van der Waals surface area contributed by atoms with E-state index >= 15 is 0 Å². The predicted octanol–water partition coefficient (Wildman–Crippen LogP) is 4.14. The van der Waals surface area contributed by atoms with Gasteiger partial charge in [0.25, 0.3) is 0 Å². The molecule has 1 aromatic heterocycles. The van der Waals surface area contributed by atoms with Gasteiger partial charge in [-0.1, -0.05) is 29.4 Å². The fourth-order valence-electron chi connectivity index (χ4n) is 2.47. The molecule has 1 saturated heterocycles. The maximum atomic E-state index is 12.6. The first-order valence-corrected chi connectivity index (χ1v) is 10.9. The quantitative estimate of drug-likeness (QED) is 0.511. The molecular weight excluding hydrogens is 432 g/mol. The van der Waals surface area contributed by atoms with E-state index in [9.17, 15) is 9.59 Å².